The number of nitrogens with one attached hydrogen (secondary N) is 2. The summed E-state index contributed by atoms with van der Waals surface area (Å²) < 4.78 is 0. The van der Waals surface area contributed by atoms with Crippen molar-refractivity contribution in [3.8, 4) is 0 Å². The van der Waals surface area contributed by atoms with E-state index in [9.17, 15) is 14.4 Å². The lowest BCUT2D eigenvalue weighted by Gasteiger charge is -2.33. The summed E-state index contributed by atoms with van der Waals surface area (Å²) in [6.07, 6.45) is 2.24. The third kappa shape index (κ3) is 3.39. The monoisotopic (exact) mass is 391 g/mol. The van der Waals surface area contributed by atoms with Gasteiger partial charge in [0.1, 0.15) is 12.1 Å². The highest BCUT2D eigenvalue weighted by molar-refractivity contribution is 6.10. The molecule has 1 atom stereocenters. The molecule has 1 unspecified atom stereocenters. The van der Waals surface area contributed by atoms with Crippen molar-refractivity contribution in [3.05, 3.63) is 65.2 Å². The van der Waals surface area contributed by atoms with Gasteiger partial charge in [0.15, 0.2) is 0 Å². The molecule has 2 aliphatic rings. The Balaban J connectivity index is 1.49. The maximum atomic E-state index is 13.2. The predicted molar refractivity (Wildman–Crippen MR) is 110 cm³/mol. The minimum atomic E-state index is -1.05. The third-order valence-electron chi connectivity index (χ3n) is 5.81. The van der Waals surface area contributed by atoms with E-state index in [0.717, 1.165) is 28.9 Å². The van der Waals surface area contributed by atoms with Crippen LogP contribution in [0, 0.1) is 0 Å². The summed E-state index contributed by atoms with van der Waals surface area (Å²) in [6, 6.07) is 14.8. The van der Waals surface area contributed by atoms with E-state index in [2.05, 4.69) is 24.5 Å². The third-order valence-corrected chi connectivity index (χ3v) is 5.81. The highest BCUT2D eigenvalue weighted by Gasteiger charge is 2.54. The second kappa shape index (κ2) is 7.35. The Bertz CT molecular complexity index is 968. The van der Waals surface area contributed by atoms with Crippen LogP contribution in [0.1, 0.15) is 49.3 Å². The molecule has 2 aromatic carbocycles. The predicted octanol–water partition coefficient (Wildman–Crippen LogP) is 3.53. The standard InChI is InChI=1S/C23H25N3O3/c1-15(2)16-9-11-18(12-10-16)24-20(27)14-26-21(28)23(25-22(26)29)13-5-7-17-6-3-4-8-19(17)23/h3-4,6,8-12,15H,5,7,13-14H2,1-2H3,(H,24,27)(H,25,29). The summed E-state index contributed by atoms with van der Waals surface area (Å²) in [6.45, 7) is 3.90. The molecule has 1 aliphatic heterocycles. The van der Waals surface area contributed by atoms with E-state index in [4.69, 9.17) is 0 Å². The average Bonchev–Trinajstić information content (AvgIpc) is 2.93. The molecule has 1 aliphatic carbocycles. The van der Waals surface area contributed by atoms with Gasteiger partial charge in [0.25, 0.3) is 5.91 Å². The van der Waals surface area contributed by atoms with Gasteiger partial charge in [0.2, 0.25) is 5.91 Å². The Morgan fingerprint density at radius 1 is 1.14 bits per heavy atom. The van der Waals surface area contributed by atoms with Crippen molar-refractivity contribution in [1.29, 1.82) is 0 Å². The van der Waals surface area contributed by atoms with E-state index >= 15 is 0 Å². The number of hydrogen-bond acceptors (Lipinski definition) is 3. The van der Waals surface area contributed by atoms with Crippen molar-refractivity contribution in [2.75, 3.05) is 11.9 Å². The number of benzene rings is 2. The Hall–Kier alpha value is -3.15. The number of carbonyl (C=O) groups excluding carboxylic acids is 3. The molecule has 1 heterocycles. The normalized spacial score (nSPS) is 20.7. The first-order valence-corrected chi connectivity index (χ1v) is 10.0. The molecule has 1 saturated heterocycles. The van der Waals surface area contributed by atoms with Crippen molar-refractivity contribution in [2.24, 2.45) is 0 Å². The van der Waals surface area contributed by atoms with Gasteiger partial charge in [-0.1, -0.05) is 50.2 Å². The number of aryl methyl sites for hydroxylation is 1. The van der Waals surface area contributed by atoms with Crippen LogP contribution in [0.15, 0.2) is 48.5 Å². The largest absolute Gasteiger partial charge is 0.325 e. The van der Waals surface area contributed by atoms with Crippen LogP contribution >= 0.6 is 0 Å². The highest BCUT2D eigenvalue weighted by Crippen LogP contribution is 2.39. The lowest BCUT2D eigenvalue weighted by Crippen LogP contribution is -2.47. The maximum absolute atomic E-state index is 13.2. The van der Waals surface area contributed by atoms with Crippen LogP contribution in [-0.4, -0.2) is 29.3 Å². The Morgan fingerprint density at radius 2 is 1.86 bits per heavy atom. The fraction of sp³-hybridized carbons (Fsp3) is 0.348. The lowest BCUT2D eigenvalue weighted by atomic mass is 9.76. The van der Waals surface area contributed by atoms with Crippen LogP contribution < -0.4 is 10.6 Å². The molecule has 0 aromatic heterocycles. The first-order valence-electron chi connectivity index (χ1n) is 10.0. The zero-order chi connectivity index (χ0) is 20.6. The Morgan fingerprint density at radius 3 is 2.59 bits per heavy atom. The maximum Gasteiger partial charge on any atom is 0.325 e. The Labute approximate surface area is 170 Å². The summed E-state index contributed by atoms with van der Waals surface area (Å²) in [5.41, 5.74) is 2.69. The van der Waals surface area contributed by atoms with Crippen molar-refractivity contribution >= 4 is 23.5 Å². The lowest BCUT2D eigenvalue weighted by molar-refractivity contribution is -0.134. The quantitative estimate of drug-likeness (QED) is 0.783. The molecule has 0 bridgehead atoms. The average molecular weight is 391 g/mol. The van der Waals surface area contributed by atoms with Gasteiger partial charge in [0.05, 0.1) is 0 Å². The number of carbonyl (C=O) groups is 3. The topological polar surface area (TPSA) is 78.5 Å². The molecule has 6 nitrogen and oxygen atoms in total. The number of hydrogen-bond donors (Lipinski definition) is 2. The minimum absolute atomic E-state index is 0.305. The molecule has 0 saturated carbocycles. The summed E-state index contributed by atoms with van der Waals surface area (Å²) in [4.78, 5) is 39.4. The van der Waals surface area contributed by atoms with Gasteiger partial charge in [0, 0.05) is 5.69 Å². The molecule has 1 spiro atoms. The van der Waals surface area contributed by atoms with E-state index in [1.165, 1.54) is 5.56 Å². The summed E-state index contributed by atoms with van der Waals surface area (Å²) in [5, 5.41) is 5.65. The van der Waals surface area contributed by atoms with E-state index < -0.39 is 17.5 Å². The van der Waals surface area contributed by atoms with Gasteiger partial charge >= 0.3 is 6.03 Å². The van der Waals surface area contributed by atoms with E-state index in [1.54, 1.807) is 0 Å². The van der Waals surface area contributed by atoms with Crippen LogP contribution in [-0.2, 0) is 21.5 Å². The molecular formula is C23H25N3O3. The zero-order valence-corrected chi connectivity index (χ0v) is 16.7. The van der Waals surface area contributed by atoms with Gasteiger partial charge in [-0.05, 0) is 54.0 Å². The highest BCUT2D eigenvalue weighted by atomic mass is 16.2. The number of anilines is 1. The van der Waals surface area contributed by atoms with Crippen LogP contribution in [0.2, 0.25) is 0 Å². The summed E-state index contributed by atoms with van der Waals surface area (Å²) >= 11 is 0. The molecule has 0 radical (unpaired) electrons. The first kappa shape index (κ1) is 19.2. The van der Waals surface area contributed by atoms with Gasteiger partial charge in [-0.25, -0.2) is 4.79 Å². The van der Waals surface area contributed by atoms with E-state index in [0.29, 0.717) is 18.0 Å². The van der Waals surface area contributed by atoms with E-state index in [1.807, 2.05) is 48.5 Å². The van der Waals surface area contributed by atoms with E-state index in [-0.39, 0.29) is 12.5 Å². The van der Waals surface area contributed by atoms with Crippen LogP contribution in [0.5, 0.6) is 0 Å². The number of rotatable bonds is 4. The fourth-order valence-electron chi connectivity index (χ4n) is 4.25. The van der Waals surface area contributed by atoms with Gasteiger partial charge in [-0.2, -0.15) is 0 Å². The molecule has 1 fully saturated rings. The van der Waals surface area contributed by atoms with Crippen molar-refractivity contribution in [1.82, 2.24) is 10.2 Å². The number of imide groups is 1. The van der Waals surface area contributed by atoms with Crippen LogP contribution in [0.3, 0.4) is 0 Å². The van der Waals surface area contributed by atoms with Crippen molar-refractivity contribution in [3.63, 3.8) is 0 Å². The minimum Gasteiger partial charge on any atom is -0.325 e. The molecule has 2 N–H and O–H groups in total. The van der Waals surface area contributed by atoms with Gasteiger partial charge in [-0.15, -0.1) is 0 Å². The van der Waals surface area contributed by atoms with Gasteiger partial charge in [-0.3, -0.25) is 14.5 Å². The number of fused-ring (bicyclic) bond motifs is 2. The number of nitrogens with zero attached hydrogens (tertiary/aromatic N) is 1. The Kier molecular flexibility index (Phi) is 4.86. The number of amides is 4. The molecule has 4 rings (SSSR count). The van der Waals surface area contributed by atoms with Crippen molar-refractivity contribution < 1.29 is 14.4 Å². The number of urea groups is 1. The molecule has 6 heteroatoms. The van der Waals surface area contributed by atoms with Gasteiger partial charge < -0.3 is 10.6 Å². The molecule has 2 aromatic rings. The SMILES string of the molecule is CC(C)c1ccc(NC(=O)CN2C(=O)NC3(CCCc4ccccc43)C2=O)cc1. The second-order valence-corrected chi connectivity index (χ2v) is 8.06. The molecule has 150 valence electrons. The molecule has 29 heavy (non-hydrogen) atoms. The van der Waals surface area contributed by atoms with Crippen molar-refractivity contribution in [2.45, 2.75) is 44.6 Å². The second-order valence-electron chi connectivity index (χ2n) is 8.06. The summed E-state index contributed by atoms with van der Waals surface area (Å²) in [5.74, 6) is -0.341. The van der Waals surface area contributed by atoms with Crippen LogP contribution in [0.25, 0.3) is 0 Å². The van der Waals surface area contributed by atoms with Crippen LogP contribution in [0.4, 0.5) is 10.5 Å². The molecular weight excluding hydrogens is 366 g/mol. The zero-order valence-electron chi connectivity index (χ0n) is 16.7. The molecule has 4 amide bonds. The summed E-state index contributed by atoms with van der Waals surface area (Å²) in [7, 11) is 0. The smallest absolute Gasteiger partial charge is 0.325 e. The fourth-order valence-corrected chi connectivity index (χ4v) is 4.25. The first-order chi connectivity index (χ1) is 13.9.